The summed E-state index contributed by atoms with van der Waals surface area (Å²) in [6, 6.07) is 9.04. The molecule has 0 aromatic heterocycles. The fraction of sp³-hybridized carbons (Fsp3) is 0.423. The molecule has 0 unspecified atom stereocenters. The molecule has 2 aromatic rings. The Hall–Kier alpha value is -3.24. The number of aliphatic carboxylic acids is 1. The van der Waals surface area contributed by atoms with Gasteiger partial charge in [0.2, 0.25) is 11.8 Å². The summed E-state index contributed by atoms with van der Waals surface area (Å²) in [7, 11) is 0. The van der Waals surface area contributed by atoms with Gasteiger partial charge in [-0.2, -0.15) is 0 Å². The SMILES string of the molecule is CC1(C)S[C@@H]2[C@H](NC(=O)[C@H](N)c3ccc(O)cc3)C(=O)N2[C@H]1C(=O)O.Cc1ccc(C(C)C)cc1O. The molecule has 194 valence electrons. The number of nitrogens with two attached hydrogens (primary N) is 1. The highest BCUT2D eigenvalue weighted by Gasteiger charge is 2.64. The minimum Gasteiger partial charge on any atom is -0.508 e. The van der Waals surface area contributed by atoms with Crippen molar-refractivity contribution in [1.29, 1.82) is 0 Å². The summed E-state index contributed by atoms with van der Waals surface area (Å²) in [6.45, 7) is 9.67. The summed E-state index contributed by atoms with van der Waals surface area (Å²) >= 11 is 1.35. The van der Waals surface area contributed by atoms with Gasteiger partial charge in [-0.1, -0.05) is 38.1 Å². The number of β-lactam (4-membered cyclic amide) rings is 1. The van der Waals surface area contributed by atoms with Crippen LogP contribution in [0.25, 0.3) is 0 Å². The van der Waals surface area contributed by atoms with E-state index >= 15 is 0 Å². The van der Waals surface area contributed by atoms with E-state index in [0.717, 1.165) is 5.56 Å². The molecule has 2 aliphatic rings. The van der Waals surface area contributed by atoms with Crippen molar-refractivity contribution in [1.82, 2.24) is 10.2 Å². The topological polar surface area (TPSA) is 153 Å². The third-order valence-electron chi connectivity index (χ3n) is 6.41. The standard InChI is InChI=1S/C16H19N3O5S.C10H14O/c1-16(2)11(15(23)24)19-13(22)10(14(19)25-16)18-12(21)9(17)7-3-5-8(20)6-4-7;1-7(2)9-5-4-8(3)10(11)6-9/h3-6,9-11,14,20H,17H2,1-2H3,(H,18,21)(H,23,24);4-7,11H,1-3H3/t9-,10-,11+,14-;/m1./s1. The molecule has 0 spiro atoms. The van der Waals surface area contributed by atoms with Crippen LogP contribution < -0.4 is 11.1 Å². The molecule has 0 saturated carbocycles. The van der Waals surface area contributed by atoms with Crippen LogP contribution in [0.15, 0.2) is 42.5 Å². The number of carbonyl (C=O) groups is 3. The summed E-state index contributed by atoms with van der Waals surface area (Å²) in [5, 5.41) is 30.2. The fourth-order valence-electron chi connectivity index (χ4n) is 4.21. The van der Waals surface area contributed by atoms with E-state index in [9.17, 15) is 29.7 Å². The summed E-state index contributed by atoms with van der Waals surface area (Å²) in [4.78, 5) is 37.5. The van der Waals surface area contributed by atoms with Crippen LogP contribution in [0.2, 0.25) is 0 Å². The van der Waals surface area contributed by atoms with Gasteiger partial charge in [0, 0.05) is 4.75 Å². The molecule has 9 nitrogen and oxygen atoms in total. The Kier molecular flexibility index (Phi) is 7.90. The van der Waals surface area contributed by atoms with Crippen LogP contribution in [0.3, 0.4) is 0 Å². The number of benzene rings is 2. The molecule has 2 amide bonds. The largest absolute Gasteiger partial charge is 0.508 e. The Labute approximate surface area is 214 Å². The number of carbonyl (C=O) groups excluding carboxylic acids is 2. The lowest BCUT2D eigenvalue weighted by Gasteiger charge is -2.43. The maximum absolute atomic E-state index is 12.3. The molecule has 0 radical (unpaired) electrons. The molecule has 2 saturated heterocycles. The number of thioether (sulfide) groups is 1. The molecule has 2 aromatic carbocycles. The maximum atomic E-state index is 12.3. The fourth-order valence-corrected chi connectivity index (χ4v) is 5.83. The van der Waals surface area contributed by atoms with Crippen molar-refractivity contribution >= 4 is 29.5 Å². The van der Waals surface area contributed by atoms with Crippen LogP contribution >= 0.6 is 11.8 Å². The van der Waals surface area contributed by atoms with Crippen molar-refractivity contribution in [2.75, 3.05) is 0 Å². The van der Waals surface area contributed by atoms with Gasteiger partial charge in [0.25, 0.3) is 0 Å². The molecule has 10 heteroatoms. The van der Waals surface area contributed by atoms with Gasteiger partial charge in [0.15, 0.2) is 0 Å². The molecule has 0 bridgehead atoms. The van der Waals surface area contributed by atoms with E-state index < -0.39 is 46.0 Å². The van der Waals surface area contributed by atoms with E-state index in [4.69, 9.17) is 5.73 Å². The number of phenols is 2. The second-order valence-electron chi connectivity index (χ2n) is 9.85. The molecule has 2 heterocycles. The molecule has 4 rings (SSSR count). The number of aromatic hydroxyl groups is 2. The number of fused-ring (bicyclic) bond motifs is 1. The van der Waals surface area contributed by atoms with Crippen molar-refractivity contribution in [2.24, 2.45) is 5.73 Å². The number of nitrogens with one attached hydrogen (secondary N) is 1. The van der Waals surface area contributed by atoms with Gasteiger partial charge in [0.05, 0.1) is 0 Å². The quantitative estimate of drug-likeness (QED) is 0.381. The first-order valence-electron chi connectivity index (χ1n) is 11.6. The number of rotatable bonds is 5. The predicted molar refractivity (Wildman–Crippen MR) is 138 cm³/mol. The molecule has 36 heavy (non-hydrogen) atoms. The highest BCUT2D eigenvalue weighted by molar-refractivity contribution is 8.01. The number of hydrogen-bond acceptors (Lipinski definition) is 7. The van der Waals surface area contributed by atoms with Crippen LogP contribution in [0.1, 0.15) is 56.3 Å². The Morgan fingerprint density at radius 1 is 1.08 bits per heavy atom. The lowest BCUT2D eigenvalue weighted by molar-refractivity contribution is -0.161. The summed E-state index contributed by atoms with van der Waals surface area (Å²) < 4.78 is -0.648. The Morgan fingerprint density at radius 3 is 2.19 bits per heavy atom. The number of carboxylic acid groups (broad SMARTS) is 1. The van der Waals surface area contributed by atoms with E-state index in [1.165, 1.54) is 46.5 Å². The van der Waals surface area contributed by atoms with Crippen LogP contribution in [-0.4, -0.2) is 60.2 Å². The Bertz CT molecular complexity index is 1150. The lowest BCUT2D eigenvalue weighted by atomic mass is 9.95. The summed E-state index contributed by atoms with van der Waals surface area (Å²) in [5.74, 6) is -1.05. The number of aryl methyl sites for hydroxylation is 1. The highest BCUT2D eigenvalue weighted by atomic mass is 32.2. The molecule has 6 N–H and O–H groups in total. The summed E-state index contributed by atoms with van der Waals surface area (Å²) in [6.07, 6.45) is 0. The van der Waals surface area contributed by atoms with E-state index in [-0.39, 0.29) is 5.75 Å². The van der Waals surface area contributed by atoms with Gasteiger partial charge < -0.3 is 31.3 Å². The number of amides is 2. The van der Waals surface area contributed by atoms with Crippen LogP contribution in [0, 0.1) is 6.92 Å². The van der Waals surface area contributed by atoms with Crippen LogP contribution in [-0.2, 0) is 14.4 Å². The van der Waals surface area contributed by atoms with Gasteiger partial charge in [-0.05, 0) is 61.6 Å². The number of carboxylic acids is 1. The van der Waals surface area contributed by atoms with Crippen molar-refractivity contribution in [2.45, 2.75) is 68.8 Å². The zero-order chi connectivity index (χ0) is 26.9. The minimum absolute atomic E-state index is 0.0606. The number of hydrogen-bond donors (Lipinski definition) is 5. The van der Waals surface area contributed by atoms with Crippen molar-refractivity contribution in [3.05, 3.63) is 59.2 Å². The van der Waals surface area contributed by atoms with E-state index in [1.807, 2.05) is 19.1 Å². The van der Waals surface area contributed by atoms with E-state index in [2.05, 4.69) is 25.2 Å². The van der Waals surface area contributed by atoms with Gasteiger partial charge in [-0.25, -0.2) is 4.79 Å². The first kappa shape index (κ1) is 27.3. The van der Waals surface area contributed by atoms with Crippen LogP contribution in [0.5, 0.6) is 11.5 Å². The molecule has 0 aliphatic carbocycles. The first-order chi connectivity index (χ1) is 16.7. The minimum atomic E-state index is -1.06. The average Bonchev–Trinajstić information content (AvgIpc) is 3.07. The first-order valence-corrected chi connectivity index (χ1v) is 12.5. The zero-order valence-corrected chi connectivity index (χ0v) is 21.7. The molecule has 4 atom stereocenters. The Morgan fingerprint density at radius 2 is 1.67 bits per heavy atom. The van der Waals surface area contributed by atoms with Crippen molar-refractivity contribution < 1.29 is 29.7 Å². The van der Waals surface area contributed by atoms with Gasteiger partial charge >= 0.3 is 5.97 Å². The molecular weight excluding hydrogens is 482 g/mol. The lowest BCUT2D eigenvalue weighted by Crippen LogP contribution is -2.71. The third kappa shape index (κ3) is 5.44. The molecule has 2 fully saturated rings. The highest BCUT2D eigenvalue weighted by Crippen LogP contribution is 2.50. The molecular formula is C26H33N3O6S. The second-order valence-corrected chi connectivity index (χ2v) is 11.6. The second kappa shape index (κ2) is 10.4. The van der Waals surface area contributed by atoms with Gasteiger partial charge in [-0.3, -0.25) is 9.59 Å². The van der Waals surface area contributed by atoms with Gasteiger partial charge in [-0.15, -0.1) is 11.8 Å². The molecule has 2 aliphatic heterocycles. The predicted octanol–water partition coefficient (Wildman–Crippen LogP) is 2.85. The maximum Gasteiger partial charge on any atom is 0.327 e. The Balaban J connectivity index is 0.000000275. The average molecular weight is 516 g/mol. The summed E-state index contributed by atoms with van der Waals surface area (Å²) in [5.41, 5.74) is 8.54. The van der Waals surface area contributed by atoms with Crippen molar-refractivity contribution in [3.8, 4) is 11.5 Å². The smallest absolute Gasteiger partial charge is 0.327 e. The number of phenolic OH excluding ortho intramolecular Hbond substituents is 2. The van der Waals surface area contributed by atoms with Crippen molar-refractivity contribution in [3.63, 3.8) is 0 Å². The van der Waals surface area contributed by atoms with Crippen LogP contribution in [0.4, 0.5) is 0 Å². The third-order valence-corrected chi connectivity index (χ3v) is 7.98. The normalized spacial score (nSPS) is 22.7. The monoisotopic (exact) mass is 515 g/mol. The van der Waals surface area contributed by atoms with E-state index in [0.29, 0.717) is 17.2 Å². The van der Waals surface area contributed by atoms with E-state index in [1.54, 1.807) is 13.8 Å². The zero-order valence-electron chi connectivity index (χ0n) is 20.9. The van der Waals surface area contributed by atoms with Gasteiger partial charge in [0.1, 0.15) is 35.0 Å². The number of nitrogens with zero attached hydrogens (tertiary/aromatic N) is 1.